The maximum absolute atomic E-state index is 12.2. The van der Waals surface area contributed by atoms with E-state index in [1.54, 1.807) is 41.0 Å². The number of nitrogens with zero attached hydrogens (tertiary/aromatic N) is 6. The molecule has 188 valence electrons. The number of primary amides is 1. The van der Waals surface area contributed by atoms with Crippen molar-refractivity contribution in [2.75, 3.05) is 24.6 Å². The number of nitrogens with two attached hydrogens (primary N) is 1. The number of carbonyl (C=O) groups is 1. The summed E-state index contributed by atoms with van der Waals surface area (Å²) in [6.45, 7) is 3.29. The number of nitriles is 1. The number of amides is 1. The van der Waals surface area contributed by atoms with Crippen molar-refractivity contribution in [1.29, 1.82) is 5.26 Å². The Kier molecular flexibility index (Phi) is 6.73. The molecule has 37 heavy (non-hydrogen) atoms. The quantitative estimate of drug-likeness (QED) is 0.360. The molecule has 0 aliphatic carbocycles. The predicted octanol–water partition coefficient (Wildman–Crippen LogP) is 4.50. The summed E-state index contributed by atoms with van der Waals surface area (Å²) < 4.78 is 7.54. The molecule has 4 heterocycles. The second-order valence-electron chi connectivity index (χ2n) is 8.73. The molecule has 0 bridgehead atoms. The number of halogens is 2. The van der Waals surface area contributed by atoms with Gasteiger partial charge in [0, 0.05) is 55.4 Å². The zero-order chi connectivity index (χ0) is 26.2. The molecule has 9 nitrogen and oxygen atoms in total. The van der Waals surface area contributed by atoms with E-state index in [1.807, 2.05) is 25.1 Å². The van der Waals surface area contributed by atoms with Crippen LogP contribution in [-0.2, 0) is 9.53 Å². The van der Waals surface area contributed by atoms with Crippen molar-refractivity contribution < 1.29 is 9.53 Å². The van der Waals surface area contributed by atoms with E-state index in [9.17, 15) is 10.1 Å². The summed E-state index contributed by atoms with van der Waals surface area (Å²) >= 11 is 12.7. The van der Waals surface area contributed by atoms with E-state index >= 15 is 0 Å². The lowest BCUT2D eigenvalue weighted by atomic mass is 9.90. The molecule has 0 saturated carbocycles. The lowest BCUT2D eigenvalue weighted by Crippen LogP contribution is -2.54. The Morgan fingerprint density at radius 1 is 1.16 bits per heavy atom. The molecular weight excluding hydrogens is 513 g/mol. The summed E-state index contributed by atoms with van der Waals surface area (Å²) in [7, 11) is 0. The molecule has 1 aliphatic heterocycles. The van der Waals surface area contributed by atoms with Crippen molar-refractivity contribution in [3.8, 4) is 28.5 Å². The van der Waals surface area contributed by atoms with Crippen LogP contribution in [0.5, 0.6) is 0 Å². The first-order valence-corrected chi connectivity index (χ1v) is 12.5. The normalized spacial score (nSPS) is 15.0. The minimum atomic E-state index is -0.987. The number of hydrogen-bond donors (Lipinski definition) is 1. The van der Waals surface area contributed by atoms with Gasteiger partial charge in [-0.25, -0.2) is 9.97 Å². The van der Waals surface area contributed by atoms with Crippen molar-refractivity contribution in [3.05, 3.63) is 64.5 Å². The first kappa shape index (κ1) is 25.0. The molecule has 0 spiro atoms. The summed E-state index contributed by atoms with van der Waals surface area (Å²) in [6, 6.07) is 14.6. The molecule has 3 aromatic heterocycles. The van der Waals surface area contributed by atoms with Gasteiger partial charge in [-0.2, -0.15) is 14.9 Å². The van der Waals surface area contributed by atoms with Crippen LogP contribution in [0.4, 0.5) is 5.82 Å². The third-order valence-electron chi connectivity index (χ3n) is 6.59. The van der Waals surface area contributed by atoms with E-state index in [4.69, 9.17) is 38.8 Å². The lowest BCUT2D eigenvalue weighted by Gasteiger charge is -2.40. The molecule has 11 heteroatoms. The molecular formula is C26H23Cl2N7O2. The van der Waals surface area contributed by atoms with Crippen molar-refractivity contribution in [2.24, 2.45) is 5.73 Å². The van der Waals surface area contributed by atoms with Gasteiger partial charge in [0.2, 0.25) is 5.91 Å². The number of ether oxygens (including phenoxy) is 1. The zero-order valence-corrected chi connectivity index (χ0v) is 21.5. The highest BCUT2D eigenvalue weighted by molar-refractivity contribution is 6.30. The minimum absolute atomic E-state index is 0.304. The van der Waals surface area contributed by atoms with Crippen LogP contribution in [0, 0.1) is 11.3 Å². The van der Waals surface area contributed by atoms with Gasteiger partial charge in [0.1, 0.15) is 34.0 Å². The summed E-state index contributed by atoms with van der Waals surface area (Å²) in [6.07, 6.45) is 2.50. The Hall–Kier alpha value is -3.71. The number of benzene rings is 1. The van der Waals surface area contributed by atoms with Crippen LogP contribution in [0.15, 0.2) is 48.7 Å². The molecule has 1 amide bonds. The Morgan fingerprint density at radius 3 is 2.46 bits per heavy atom. The van der Waals surface area contributed by atoms with Gasteiger partial charge in [0.05, 0.1) is 5.56 Å². The van der Waals surface area contributed by atoms with E-state index in [0.29, 0.717) is 59.7 Å². The monoisotopic (exact) mass is 535 g/mol. The topological polar surface area (TPSA) is 122 Å². The van der Waals surface area contributed by atoms with Gasteiger partial charge in [-0.3, -0.25) is 4.79 Å². The highest BCUT2D eigenvalue weighted by Crippen LogP contribution is 2.38. The highest BCUT2D eigenvalue weighted by Gasteiger charge is 2.41. The second-order valence-corrected chi connectivity index (χ2v) is 9.55. The number of aromatic nitrogens is 4. The summed E-state index contributed by atoms with van der Waals surface area (Å²) in [4.78, 5) is 23.2. The van der Waals surface area contributed by atoms with E-state index in [-0.39, 0.29) is 0 Å². The fourth-order valence-corrected chi connectivity index (χ4v) is 5.02. The van der Waals surface area contributed by atoms with Crippen LogP contribution < -0.4 is 10.6 Å². The van der Waals surface area contributed by atoms with Crippen molar-refractivity contribution in [1.82, 2.24) is 19.6 Å². The first-order chi connectivity index (χ1) is 17.8. The van der Waals surface area contributed by atoms with E-state index in [2.05, 4.69) is 14.9 Å². The smallest absolute Gasteiger partial charge is 0.249 e. The van der Waals surface area contributed by atoms with Crippen LogP contribution in [-0.4, -0.2) is 50.8 Å². The predicted molar refractivity (Wildman–Crippen MR) is 141 cm³/mol. The van der Waals surface area contributed by atoms with Crippen LogP contribution >= 0.6 is 23.2 Å². The van der Waals surface area contributed by atoms with Crippen LogP contribution in [0.2, 0.25) is 10.2 Å². The third-order valence-corrected chi connectivity index (χ3v) is 7.03. The zero-order valence-electron chi connectivity index (χ0n) is 20.0. The number of piperidine rings is 1. The summed E-state index contributed by atoms with van der Waals surface area (Å²) in [5, 5.41) is 15.0. The number of hydrogen-bond acceptors (Lipinski definition) is 7. The fraction of sp³-hybridized carbons (Fsp3) is 0.269. The van der Waals surface area contributed by atoms with Gasteiger partial charge in [-0.05, 0) is 36.8 Å². The summed E-state index contributed by atoms with van der Waals surface area (Å²) in [5.74, 6) is 0.277. The maximum Gasteiger partial charge on any atom is 0.249 e. The van der Waals surface area contributed by atoms with Crippen LogP contribution in [0.1, 0.15) is 25.5 Å². The molecule has 1 fully saturated rings. The molecule has 0 atom stereocenters. The average molecular weight is 536 g/mol. The van der Waals surface area contributed by atoms with E-state index in [0.717, 1.165) is 22.5 Å². The third kappa shape index (κ3) is 4.60. The van der Waals surface area contributed by atoms with Crippen molar-refractivity contribution >= 4 is 40.6 Å². The average Bonchev–Trinajstić information content (AvgIpc) is 3.28. The molecule has 1 saturated heterocycles. The Morgan fingerprint density at radius 2 is 1.86 bits per heavy atom. The second kappa shape index (κ2) is 9.98. The number of rotatable bonds is 6. The molecule has 2 N–H and O–H groups in total. The number of carbonyl (C=O) groups excluding carboxylic acids is 1. The van der Waals surface area contributed by atoms with Crippen molar-refractivity contribution in [3.63, 3.8) is 0 Å². The van der Waals surface area contributed by atoms with E-state index < -0.39 is 11.5 Å². The molecule has 1 aromatic carbocycles. The largest absolute Gasteiger partial charge is 0.367 e. The Labute approximate surface area is 223 Å². The van der Waals surface area contributed by atoms with Crippen LogP contribution in [0.3, 0.4) is 0 Å². The van der Waals surface area contributed by atoms with Gasteiger partial charge in [0.15, 0.2) is 5.65 Å². The molecule has 0 unspecified atom stereocenters. The maximum atomic E-state index is 12.2. The number of anilines is 1. The lowest BCUT2D eigenvalue weighted by molar-refractivity contribution is -0.146. The van der Waals surface area contributed by atoms with Gasteiger partial charge in [0.25, 0.3) is 0 Å². The molecule has 5 rings (SSSR count). The summed E-state index contributed by atoms with van der Waals surface area (Å²) in [5.41, 5.74) is 8.54. The molecule has 0 radical (unpaired) electrons. The standard InChI is InChI=1S/C26H23Cl2N7O2/c1-2-37-26(25(30)36)9-11-34(12-10-26)21-13-20(28)32-24-22(16-3-6-18(27)7-4-16)23(33-35(21)24)17-5-8-19(14-29)31-15-17/h3-8,13,15H,2,9-12H2,1H3,(H2,30,36). The van der Waals surface area contributed by atoms with Gasteiger partial charge in [-0.1, -0.05) is 35.3 Å². The molecule has 4 aromatic rings. The van der Waals surface area contributed by atoms with Gasteiger partial charge in [-0.15, -0.1) is 0 Å². The first-order valence-electron chi connectivity index (χ1n) is 11.8. The SMILES string of the molecule is CCOC1(C(N)=O)CCN(c2cc(Cl)nc3c(-c4ccc(Cl)cc4)c(-c4ccc(C#N)nc4)nn23)CC1. The van der Waals surface area contributed by atoms with Gasteiger partial charge >= 0.3 is 0 Å². The minimum Gasteiger partial charge on any atom is -0.367 e. The Balaban J connectivity index is 1.65. The van der Waals surface area contributed by atoms with Crippen LogP contribution in [0.25, 0.3) is 28.0 Å². The number of fused-ring (bicyclic) bond motifs is 1. The number of pyridine rings is 1. The molecule has 1 aliphatic rings. The fourth-order valence-electron chi connectivity index (χ4n) is 4.72. The van der Waals surface area contributed by atoms with Gasteiger partial charge < -0.3 is 15.4 Å². The van der Waals surface area contributed by atoms with E-state index in [1.165, 1.54) is 0 Å². The Bertz CT molecular complexity index is 1500. The van der Waals surface area contributed by atoms with Crippen molar-refractivity contribution in [2.45, 2.75) is 25.4 Å². The highest BCUT2D eigenvalue weighted by atomic mass is 35.5.